The smallest absolute Gasteiger partial charge is 0.266 e. The van der Waals surface area contributed by atoms with E-state index >= 15 is 0 Å². The van der Waals surface area contributed by atoms with E-state index in [1.807, 2.05) is 0 Å². The molecule has 0 bridgehead atoms. The number of anilines is 1. The minimum absolute atomic E-state index is 0.0427. The topological polar surface area (TPSA) is 105 Å². The van der Waals surface area contributed by atoms with E-state index in [0.29, 0.717) is 0 Å². The summed E-state index contributed by atoms with van der Waals surface area (Å²) in [5, 5.41) is 2.39. The molecule has 16 heavy (non-hydrogen) atoms. The molecule has 7 nitrogen and oxygen atoms in total. The summed E-state index contributed by atoms with van der Waals surface area (Å²) in [4.78, 5) is 10.9. The van der Waals surface area contributed by atoms with Gasteiger partial charge in [-0.2, -0.15) is 23.4 Å². The first-order valence-corrected chi connectivity index (χ1v) is 6.41. The maximum atomic E-state index is 10.6. The van der Waals surface area contributed by atoms with Crippen LogP contribution < -0.4 is 5.32 Å². The highest BCUT2D eigenvalue weighted by Gasteiger charge is 2.13. The first-order chi connectivity index (χ1) is 7.26. The molecular weight excluding hydrogens is 279 g/mol. The molecule has 10 heteroatoms. The van der Waals surface area contributed by atoms with Gasteiger partial charge in [-0.25, -0.2) is 0 Å². The van der Waals surface area contributed by atoms with Crippen LogP contribution in [0.25, 0.3) is 0 Å². The average molecular weight is 287 g/mol. The monoisotopic (exact) mass is 286 g/mol. The van der Waals surface area contributed by atoms with E-state index in [2.05, 4.69) is 20.3 Å². The van der Waals surface area contributed by atoms with Crippen molar-refractivity contribution in [1.82, 2.24) is 15.0 Å². The summed E-state index contributed by atoms with van der Waals surface area (Å²) in [5.41, 5.74) is 0. The van der Waals surface area contributed by atoms with Crippen molar-refractivity contribution in [1.29, 1.82) is 0 Å². The Hall–Kier alpha value is -0.700. The SMILES string of the molecule is CC(CS(=O)(=O)O)Nc1nc(Cl)nc(Cl)n1. The maximum Gasteiger partial charge on any atom is 0.266 e. The Balaban J connectivity index is 2.73. The summed E-state index contributed by atoms with van der Waals surface area (Å²) >= 11 is 11.0. The summed E-state index contributed by atoms with van der Waals surface area (Å²) < 4.78 is 29.8. The molecule has 1 unspecified atom stereocenters. The lowest BCUT2D eigenvalue weighted by atomic mass is 10.4. The molecule has 2 N–H and O–H groups in total. The minimum atomic E-state index is -4.06. The number of rotatable bonds is 4. The number of hydrogen-bond donors (Lipinski definition) is 2. The number of nitrogens with one attached hydrogen (secondary N) is 1. The van der Waals surface area contributed by atoms with E-state index in [-0.39, 0.29) is 16.5 Å². The zero-order valence-electron chi connectivity index (χ0n) is 8.05. The predicted molar refractivity (Wildman–Crippen MR) is 59.3 cm³/mol. The van der Waals surface area contributed by atoms with Crippen LogP contribution in [-0.2, 0) is 10.1 Å². The fraction of sp³-hybridized carbons (Fsp3) is 0.500. The lowest BCUT2D eigenvalue weighted by Gasteiger charge is -2.11. The van der Waals surface area contributed by atoms with Crippen LogP contribution in [0.5, 0.6) is 0 Å². The summed E-state index contributed by atoms with van der Waals surface area (Å²) in [5.74, 6) is -0.436. The van der Waals surface area contributed by atoms with Crippen molar-refractivity contribution in [2.75, 3.05) is 11.1 Å². The Morgan fingerprint density at radius 1 is 1.31 bits per heavy atom. The van der Waals surface area contributed by atoms with E-state index in [9.17, 15) is 8.42 Å². The minimum Gasteiger partial charge on any atom is -0.350 e. The molecule has 1 atom stereocenters. The molecule has 0 fully saturated rings. The van der Waals surface area contributed by atoms with Crippen LogP contribution in [0.4, 0.5) is 5.95 Å². The third kappa shape index (κ3) is 4.88. The summed E-state index contributed by atoms with van der Waals surface area (Å²) in [7, 11) is -4.06. The van der Waals surface area contributed by atoms with Gasteiger partial charge in [0.25, 0.3) is 10.1 Å². The molecule has 0 radical (unpaired) electrons. The van der Waals surface area contributed by atoms with E-state index in [1.165, 1.54) is 6.92 Å². The molecular formula is C6H8Cl2N4O3S. The van der Waals surface area contributed by atoms with Gasteiger partial charge in [0.2, 0.25) is 16.5 Å². The second-order valence-electron chi connectivity index (χ2n) is 2.99. The van der Waals surface area contributed by atoms with Gasteiger partial charge in [0.1, 0.15) is 0 Å². The van der Waals surface area contributed by atoms with Crippen LogP contribution in [0, 0.1) is 0 Å². The van der Waals surface area contributed by atoms with Crippen LogP contribution in [0.2, 0.25) is 10.6 Å². The Morgan fingerprint density at radius 3 is 2.25 bits per heavy atom. The van der Waals surface area contributed by atoms with Gasteiger partial charge in [-0.3, -0.25) is 4.55 Å². The molecule has 0 aliphatic rings. The van der Waals surface area contributed by atoms with Crippen molar-refractivity contribution in [3.8, 4) is 0 Å². The molecule has 1 heterocycles. The van der Waals surface area contributed by atoms with Gasteiger partial charge in [-0.1, -0.05) is 0 Å². The molecule has 1 rings (SSSR count). The highest BCUT2D eigenvalue weighted by atomic mass is 35.5. The molecule has 0 aliphatic carbocycles. The number of nitrogens with zero attached hydrogens (tertiary/aromatic N) is 3. The fourth-order valence-electron chi connectivity index (χ4n) is 0.968. The Kier molecular flexibility index (Phi) is 4.25. The van der Waals surface area contributed by atoms with Crippen molar-refractivity contribution in [3.05, 3.63) is 10.6 Å². The van der Waals surface area contributed by atoms with Crippen molar-refractivity contribution < 1.29 is 13.0 Å². The maximum absolute atomic E-state index is 10.6. The lowest BCUT2D eigenvalue weighted by molar-refractivity contribution is 0.480. The third-order valence-electron chi connectivity index (χ3n) is 1.42. The summed E-state index contributed by atoms with van der Waals surface area (Å²) in [6.45, 7) is 1.53. The molecule has 0 amide bonds. The first kappa shape index (κ1) is 13.4. The highest BCUT2D eigenvalue weighted by Crippen LogP contribution is 2.10. The number of halogens is 2. The van der Waals surface area contributed by atoms with E-state index in [0.717, 1.165) is 0 Å². The van der Waals surface area contributed by atoms with E-state index < -0.39 is 21.9 Å². The van der Waals surface area contributed by atoms with Crippen LogP contribution in [0.15, 0.2) is 0 Å². The molecule has 90 valence electrons. The Morgan fingerprint density at radius 2 is 1.81 bits per heavy atom. The van der Waals surface area contributed by atoms with Crippen LogP contribution in [0.1, 0.15) is 6.92 Å². The number of aromatic nitrogens is 3. The van der Waals surface area contributed by atoms with Crippen molar-refractivity contribution >= 4 is 39.3 Å². The van der Waals surface area contributed by atoms with Gasteiger partial charge in [-0.05, 0) is 30.1 Å². The van der Waals surface area contributed by atoms with Crippen LogP contribution >= 0.6 is 23.2 Å². The van der Waals surface area contributed by atoms with E-state index in [1.54, 1.807) is 0 Å². The van der Waals surface area contributed by atoms with Crippen LogP contribution in [0.3, 0.4) is 0 Å². The van der Waals surface area contributed by atoms with E-state index in [4.69, 9.17) is 27.8 Å². The number of hydrogen-bond acceptors (Lipinski definition) is 6. The van der Waals surface area contributed by atoms with Crippen molar-refractivity contribution in [2.24, 2.45) is 0 Å². The molecule has 0 aromatic carbocycles. The second-order valence-corrected chi connectivity index (χ2v) is 5.16. The average Bonchev–Trinajstić information content (AvgIpc) is 1.96. The van der Waals surface area contributed by atoms with Gasteiger partial charge in [0.05, 0.1) is 5.75 Å². The van der Waals surface area contributed by atoms with Crippen LogP contribution in [-0.4, -0.2) is 39.7 Å². The van der Waals surface area contributed by atoms with Crippen molar-refractivity contribution in [2.45, 2.75) is 13.0 Å². The molecule has 0 saturated carbocycles. The van der Waals surface area contributed by atoms with Gasteiger partial charge in [0.15, 0.2) is 0 Å². The molecule has 1 aromatic rings. The van der Waals surface area contributed by atoms with Gasteiger partial charge >= 0.3 is 0 Å². The molecule has 1 aromatic heterocycles. The third-order valence-corrected chi connectivity index (χ3v) is 2.68. The molecule has 0 spiro atoms. The Labute approximate surface area is 102 Å². The zero-order valence-corrected chi connectivity index (χ0v) is 10.4. The highest BCUT2D eigenvalue weighted by molar-refractivity contribution is 7.85. The Bertz CT molecular complexity index is 460. The van der Waals surface area contributed by atoms with Gasteiger partial charge in [0, 0.05) is 6.04 Å². The van der Waals surface area contributed by atoms with Gasteiger partial charge < -0.3 is 5.32 Å². The fourth-order valence-corrected chi connectivity index (χ4v) is 2.05. The standard InChI is InChI=1S/C6H8Cl2N4O3S/c1-3(2-16(13,14)15)9-6-11-4(7)10-5(8)12-6/h3H,2H2,1H3,(H,13,14,15)(H,9,10,11,12). The normalized spacial score (nSPS) is 13.5. The molecule has 0 saturated heterocycles. The predicted octanol–water partition coefficient (Wildman–Crippen LogP) is 0.867. The van der Waals surface area contributed by atoms with Gasteiger partial charge in [-0.15, -0.1) is 0 Å². The van der Waals surface area contributed by atoms with Crippen molar-refractivity contribution in [3.63, 3.8) is 0 Å². The molecule has 0 aliphatic heterocycles. The quantitative estimate of drug-likeness (QED) is 0.791. The largest absolute Gasteiger partial charge is 0.350 e. The summed E-state index contributed by atoms with van der Waals surface area (Å²) in [6, 6.07) is -0.593. The first-order valence-electron chi connectivity index (χ1n) is 4.05. The lowest BCUT2D eigenvalue weighted by Crippen LogP contribution is -2.26. The second kappa shape index (κ2) is 5.09. The summed E-state index contributed by atoms with van der Waals surface area (Å²) in [6.07, 6.45) is 0. The zero-order chi connectivity index (χ0) is 12.3.